The number of aromatic nitrogens is 1. The molecular formula is C7H10N2S. The second kappa shape index (κ2) is 3.58. The summed E-state index contributed by atoms with van der Waals surface area (Å²) in [5.41, 5.74) is 1.04. The van der Waals surface area contributed by atoms with E-state index in [1.807, 2.05) is 25.1 Å². The first-order valence-corrected chi connectivity index (χ1v) is 4.05. The van der Waals surface area contributed by atoms with Gasteiger partial charge in [-0.25, -0.2) is 0 Å². The largest absolute Gasteiger partial charge is 0.277 e. The summed E-state index contributed by atoms with van der Waals surface area (Å²) in [6, 6.07) is 5.84. The average Bonchev–Trinajstić information content (AvgIpc) is 2.05. The number of rotatable bonds is 2. The van der Waals surface area contributed by atoms with Gasteiger partial charge in [-0.15, -0.1) is 0 Å². The fraction of sp³-hybridized carbons (Fsp3) is 0.286. The maximum absolute atomic E-state index is 5.38. The number of nitrogens with zero attached hydrogens (tertiary/aromatic N) is 1. The van der Waals surface area contributed by atoms with Gasteiger partial charge in [0.1, 0.15) is 0 Å². The van der Waals surface area contributed by atoms with Crippen LogP contribution in [0.15, 0.2) is 24.4 Å². The van der Waals surface area contributed by atoms with Gasteiger partial charge in [-0.3, -0.25) is 10.1 Å². The molecular weight excluding hydrogens is 144 g/mol. The van der Waals surface area contributed by atoms with E-state index in [9.17, 15) is 0 Å². The molecule has 1 aromatic heterocycles. The topological polar surface area (TPSA) is 38.9 Å². The van der Waals surface area contributed by atoms with Crippen LogP contribution in [-0.4, -0.2) is 4.98 Å². The second-order valence-corrected chi connectivity index (χ2v) is 3.01. The maximum Gasteiger partial charge on any atom is 0.0584 e. The summed E-state index contributed by atoms with van der Waals surface area (Å²) in [5, 5.41) is 5.67. The van der Waals surface area contributed by atoms with Gasteiger partial charge in [0.15, 0.2) is 0 Å². The van der Waals surface area contributed by atoms with Gasteiger partial charge >= 0.3 is 0 Å². The number of nitrogens with two attached hydrogens (primary N) is 1. The quantitative estimate of drug-likeness (QED) is 0.659. The Labute approximate surface area is 65.0 Å². The molecule has 1 unspecified atom stereocenters. The predicted molar refractivity (Wildman–Crippen MR) is 44.4 cm³/mol. The van der Waals surface area contributed by atoms with E-state index >= 15 is 0 Å². The fourth-order valence-corrected chi connectivity index (χ4v) is 0.965. The molecule has 54 valence electrons. The van der Waals surface area contributed by atoms with Crippen molar-refractivity contribution in [2.75, 3.05) is 0 Å². The van der Waals surface area contributed by atoms with Crippen molar-refractivity contribution in [3.05, 3.63) is 30.1 Å². The van der Waals surface area contributed by atoms with Crippen molar-refractivity contribution in [2.24, 2.45) is 5.14 Å². The Morgan fingerprint density at radius 3 is 2.90 bits per heavy atom. The van der Waals surface area contributed by atoms with Crippen molar-refractivity contribution >= 4 is 11.9 Å². The van der Waals surface area contributed by atoms with Gasteiger partial charge in [0.25, 0.3) is 0 Å². The van der Waals surface area contributed by atoms with E-state index in [1.54, 1.807) is 6.20 Å². The molecule has 1 rings (SSSR count). The molecule has 0 spiro atoms. The third-order valence-electron chi connectivity index (χ3n) is 1.31. The molecule has 0 aliphatic carbocycles. The third-order valence-corrected chi connectivity index (χ3v) is 1.96. The van der Waals surface area contributed by atoms with Crippen LogP contribution in [0.4, 0.5) is 0 Å². The van der Waals surface area contributed by atoms with Crippen molar-refractivity contribution in [1.29, 1.82) is 0 Å². The van der Waals surface area contributed by atoms with E-state index in [0.29, 0.717) is 5.25 Å². The molecule has 0 fully saturated rings. The zero-order chi connectivity index (χ0) is 7.40. The zero-order valence-electron chi connectivity index (χ0n) is 5.82. The first-order chi connectivity index (χ1) is 4.84. The Balaban J connectivity index is 2.75. The van der Waals surface area contributed by atoms with Crippen LogP contribution in [0.2, 0.25) is 0 Å². The van der Waals surface area contributed by atoms with Gasteiger partial charge in [0.05, 0.1) is 10.9 Å². The number of hydrogen-bond acceptors (Lipinski definition) is 3. The minimum atomic E-state index is 0.293. The molecule has 1 atom stereocenters. The molecule has 2 nitrogen and oxygen atoms in total. The monoisotopic (exact) mass is 154 g/mol. The van der Waals surface area contributed by atoms with E-state index in [1.165, 1.54) is 11.9 Å². The third kappa shape index (κ3) is 1.72. The Morgan fingerprint density at radius 2 is 2.40 bits per heavy atom. The number of hydrogen-bond donors (Lipinski definition) is 1. The predicted octanol–water partition coefficient (Wildman–Crippen LogP) is 1.75. The van der Waals surface area contributed by atoms with E-state index in [2.05, 4.69) is 4.98 Å². The molecule has 3 heteroatoms. The first kappa shape index (κ1) is 7.57. The van der Waals surface area contributed by atoms with Gasteiger partial charge in [-0.1, -0.05) is 18.0 Å². The summed E-state index contributed by atoms with van der Waals surface area (Å²) in [6.07, 6.45) is 1.78. The van der Waals surface area contributed by atoms with Crippen LogP contribution >= 0.6 is 11.9 Å². The molecule has 0 saturated carbocycles. The van der Waals surface area contributed by atoms with Gasteiger partial charge < -0.3 is 0 Å². The van der Waals surface area contributed by atoms with Crippen LogP contribution in [0.25, 0.3) is 0 Å². The highest BCUT2D eigenvalue weighted by Crippen LogP contribution is 2.20. The van der Waals surface area contributed by atoms with Crippen LogP contribution in [-0.2, 0) is 0 Å². The van der Waals surface area contributed by atoms with Crippen molar-refractivity contribution in [3.8, 4) is 0 Å². The van der Waals surface area contributed by atoms with Crippen LogP contribution in [0.1, 0.15) is 17.9 Å². The minimum Gasteiger partial charge on any atom is -0.277 e. The van der Waals surface area contributed by atoms with Gasteiger partial charge in [0, 0.05) is 6.20 Å². The van der Waals surface area contributed by atoms with Gasteiger partial charge in [-0.05, 0) is 19.1 Å². The molecule has 0 bridgehead atoms. The smallest absolute Gasteiger partial charge is 0.0584 e. The second-order valence-electron chi connectivity index (χ2n) is 2.03. The lowest BCUT2D eigenvalue weighted by Crippen LogP contribution is -1.94. The molecule has 1 heterocycles. The molecule has 0 aliphatic heterocycles. The highest BCUT2D eigenvalue weighted by Gasteiger charge is 2.02. The molecule has 10 heavy (non-hydrogen) atoms. The summed E-state index contributed by atoms with van der Waals surface area (Å²) in [7, 11) is 0. The van der Waals surface area contributed by atoms with E-state index in [4.69, 9.17) is 5.14 Å². The van der Waals surface area contributed by atoms with Crippen LogP contribution in [0.5, 0.6) is 0 Å². The standard InChI is InChI=1S/C7H10N2S/c1-6(10-8)7-4-2-3-5-9-7/h2-6H,8H2,1H3. The normalized spacial score (nSPS) is 13.0. The lowest BCUT2D eigenvalue weighted by molar-refractivity contribution is 1.01. The Hall–Kier alpha value is -0.540. The average molecular weight is 154 g/mol. The highest BCUT2D eigenvalue weighted by atomic mass is 32.2. The molecule has 0 saturated heterocycles. The minimum absolute atomic E-state index is 0.293. The highest BCUT2D eigenvalue weighted by molar-refractivity contribution is 7.97. The molecule has 0 radical (unpaired) electrons. The summed E-state index contributed by atoms with van der Waals surface area (Å²) >= 11 is 1.32. The van der Waals surface area contributed by atoms with E-state index in [0.717, 1.165) is 5.69 Å². The summed E-state index contributed by atoms with van der Waals surface area (Å²) in [4.78, 5) is 4.15. The molecule has 0 aliphatic rings. The maximum atomic E-state index is 5.38. The Morgan fingerprint density at radius 1 is 1.60 bits per heavy atom. The summed E-state index contributed by atoms with van der Waals surface area (Å²) < 4.78 is 0. The first-order valence-electron chi connectivity index (χ1n) is 3.11. The van der Waals surface area contributed by atoms with Crippen molar-refractivity contribution in [3.63, 3.8) is 0 Å². The van der Waals surface area contributed by atoms with Crippen LogP contribution < -0.4 is 5.14 Å². The fourth-order valence-electron chi connectivity index (χ4n) is 0.686. The van der Waals surface area contributed by atoms with E-state index in [-0.39, 0.29) is 0 Å². The Kier molecular flexibility index (Phi) is 2.71. The van der Waals surface area contributed by atoms with E-state index < -0.39 is 0 Å². The van der Waals surface area contributed by atoms with Gasteiger partial charge in [-0.2, -0.15) is 0 Å². The SMILES string of the molecule is CC(SN)c1ccccn1. The lowest BCUT2D eigenvalue weighted by atomic mass is 10.3. The van der Waals surface area contributed by atoms with Crippen molar-refractivity contribution in [1.82, 2.24) is 4.98 Å². The van der Waals surface area contributed by atoms with Gasteiger partial charge in [0.2, 0.25) is 0 Å². The van der Waals surface area contributed by atoms with Crippen LogP contribution in [0, 0.1) is 0 Å². The number of pyridine rings is 1. The lowest BCUT2D eigenvalue weighted by Gasteiger charge is -2.04. The Bertz CT molecular complexity index is 188. The molecule has 0 amide bonds. The van der Waals surface area contributed by atoms with Crippen molar-refractivity contribution < 1.29 is 0 Å². The molecule has 0 aromatic carbocycles. The summed E-state index contributed by atoms with van der Waals surface area (Å²) in [5.74, 6) is 0. The van der Waals surface area contributed by atoms with Crippen LogP contribution in [0.3, 0.4) is 0 Å². The summed E-state index contributed by atoms with van der Waals surface area (Å²) in [6.45, 7) is 2.03. The molecule has 1 aromatic rings. The zero-order valence-corrected chi connectivity index (χ0v) is 6.64. The molecule has 2 N–H and O–H groups in total. The van der Waals surface area contributed by atoms with Crippen molar-refractivity contribution in [2.45, 2.75) is 12.2 Å².